The molecule has 2 heterocycles. The number of likely N-dealkylation sites (tertiary alicyclic amines) is 1. The Labute approximate surface area is 158 Å². The number of carbonyl (C=O) groups excluding carboxylic acids is 1. The number of nitrogens with two attached hydrogens (primary N) is 2. The molecule has 2 fully saturated rings. The molecule has 6 nitrogen and oxygen atoms in total. The Morgan fingerprint density at radius 1 is 1.33 bits per heavy atom. The van der Waals surface area contributed by atoms with Gasteiger partial charge in [-0.05, 0) is 55.5 Å². The lowest BCUT2D eigenvalue weighted by Crippen LogP contribution is -2.39. The highest BCUT2D eigenvalue weighted by Gasteiger charge is 2.48. The Morgan fingerprint density at radius 2 is 2.11 bits per heavy atom. The molecule has 2 bridgehead atoms. The third-order valence-corrected chi connectivity index (χ3v) is 5.76. The fraction of sp³-hybridized carbons (Fsp3) is 0.286. The molecule has 2 aromatic rings. The molecule has 140 valence electrons. The van der Waals surface area contributed by atoms with Crippen LogP contribution in [-0.4, -0.2) is 26.9 Å². The number of phenols is 1. The minimum absolute atomic E-state index is 0.00921. The molecule has 3 atom stereocenters. The number of phenolic OH excluding ortho intramolecular Hbond substituents is 1. The molecule has 0 spiro atoms. The van der Waals surface area contributed by atoms with Gasteiger partial charge < -0.3 is 26.5 Å². The average molecular weight is 364 g/mol. The van der Waals surface area contributed by atoms with Crippen molar-refractivity contribution in [2.24, 2.45) is 11.7 Å². The molecule has 1 aliphatic heterocycles. The number of anilines is 1. The number of aromatic hydroxyl groups is 1. The summed E-state index contributed by atoms with van der Waals surface area (Å²) >= 11 is 0. The van der Waals surface area contributed by atoms with Crippen LogP contribution < -0.4 is 11.5 Å². The minimum Gasteiger partial charge on any atom is -0.507 e. The zero-order valence-corrected chi connectivity index (χ0v) is 15.1. The van der Waals surface area contributed by atoms with Crippen LogP contribution in [0.25, 0.3) is 11.8 Å². The van der Waals surface area contributed by atoms with Crippen molar-refractivity contribution in [1.82, 2.24) is 9.88 Å². The lowest BCUT2D eigenvalue weighted by Gasteiger charge is -2.34. The molecule has 0 radical (unpaired) electrons. The van der Waals surface area contributed by atoms with E-state index in [0.717, 1.165) is 30.5 Å². The van der Waals surface area contributed by atoms with E-state index >= 15 is 0 Å². The SMILES string of the molecule is C=CC(=O)N1C2CCC(C2)C1c1cc(/C=C(\N)c2ccccc2O)c(N)[nH]1. The Hall–Kier alpha value is -3.15. The number of aromatic nitrogens is 1. The van der Waals surface area contributed by atoms with Gasteiger partial charge in [0.15, 0.2) is 0 Å². The summed E-state index contributed by atoms with van der Waals surface area (Å²) in [4.78, 5) is 17.6. The Bertz CT molecular complexity index is 930. The van der Waals surface area contributed by atoms with Crippen molar-refractivity contribution < 1.29 is 9.90 Å². The number of amides is 1. The second-order valence-electron chi connectivity index (χ2n) is 7.33. The Morgan fingerprint density at radius 3 is 2.85 bits per heavy atom. The maximum Gasteiger partial charge on any atom is 0.246 e. The van der Waals surface area contributed by atoms with Gasteiger partial charge in [0.05, 0.1) is 6.04 Å². The van der Waals surface area contributed by atoms with E-state index in [4.69, 9.17) is 11.5 Å². The number of aromatic amines is 1. The number of fused-ring (bicyclic) bond motifs is 2. The number of piperidine rings is 1. The van der Waals surface area contributed by atoms with E-state index < -0.39 is 0 Å². The molecule has 1 aliphatic carbocycles. The maximum absolute atomic E-state index is 12.4. The van der Waals surface area contributed by atoms with Crippen molar-refractivity contribution in [2.45, 2.75) is 31.3 Å². The largest absolute Gasteiger partial charge is 0.507 e. The monoisotopic (exact) mass is 364 g/mol. The summed E-state index contributed by atoms with van der Waals surface area (Å²) in [7, 11) is 0. The Kier molecular flexibility index (Phi) is 4.18. The highest BCUT2D eigenvalue weighted by molar-refractivity contribution is 5.88. The van der Waals surface area contributed by atoms with Crippen molar-refractivity contribution in [3.05, 3.63) is 59.8 Å². The molecule has 6 N–H and O–H groups in total. The summed E-state index contributed by atoms with van der Waals surface area (Å²) in [6.45, 7) is 3.65. The fourth-order valence-corrected chi connectivity index (χ4v) is 4.56. The van der Waals surface area contributed by atoms with Gasteiger partial charge in [0.2, 0.25) is 5.91 Å². The number of nitrogens with one attached hydrogen (secondary N) is 1. The van der Waals surface area contributed by atoms with Crippen LogP contribution in [0.3, 0.4) is 0 Å². The van der Waals surface area contributed by atoms with E-state index in [2.05, 4.69) is 11.6 Å². The van der Waals surface area contributed by atoms with E-state index in [0.29, 0.717) is 23.0 Å². The van der Waals surface area contributed by atoms with E-state index in [-0.39, 0.29) is 23.7 Å². The molecule has 1 saturated carbocycles. The number of nitrogen functional groups attached to an aromatic ring is 1. The van der Waals surface area contributed by atoms with Crippen LogP contribution in [0.15, 0.2) is 43.0 Å². The zero-order valence-electron chi connectivity index (χ0n) is 15.1. The van der Waals surface area contributed by atoms with Crippen molar-refractivity contribution in [3.8, 4) is 5.75 Å². The molecule has 1 aromatic heterocycles. The third-order valence-electron chi connectivity index (χ3n) is 5.76. The number of nitrogens with zero attached hydrogens (tertiary/aromatic N) is 1. The standard InChI is InChI=1S/C21H24N4O2/c1-2-19(27)25-14-8-7-12(9-14)20(25)17-11-13(21(23)24-17)10-16(22)15-5-3-4-6-18(15)26/h2-6,10-12,14,20,24,26H,1,7-9,22-23H2/b16-10-. The van der Waals surface area contributed by atoms with Crippen LogP contribution in [0.4, 0.5) is 5.82 Å². The summed E-state index contributed by atoms with van der Waals surface area (Å²) in [5.74, 6) is 1.02. The first-order valence-electron chi connectivity index (χ1n) is 9.18. The van der Waals surface area contributed by atoms with Gasteiger partial charge in [-0.25, -0.2) is 0 Å². The van der Waals surface area contributed by atoms with Crippen molar-refractivity contribution in [1.29, 1.82) is 0 Å². The number of H-pyrrole nitrogens is 1. The van der Waals surface area contributed by atoms with E-state index in [9.17, 15) is 9.90 Å². The maximum atomic E-state index is 12.4. The quantitative estimate of drug-likeness (QED) is 0.625. The third kappa shape index (κ3) is 2.87. The van der Waals surface area contributed by atoms with Crippen molar-refractivity contribution in [2.75, 3.05) is 5.73 Å². The number of carbonyl (C=O) groups is 1. The smallest absolute Gasteiger partial charge is 0.246 e. The molecule has 2 aliphatic rings. The lowest BCUT2D eigenvalue weighted by atomic mass is 9.95. The number of para-hydroxylation sites is 1. The van der Waals surface area contributed by atoms with Gasteiger partial charge in [-0.15, -0.1) is 0 Å². The molecule has 1 saturated heterocycles. The molecule has 4 rings (SSSR count). The fourth-order valence-electron chi connectivity index (χ4n) is 4.56. The molecule has 6 heteroatoms. The van der Waals surface area contributed by atoms with Crippen molar-refractivity contribution >= 4 is 23.5 Å². The molecule has 3 unspecified atom stereocenters. The topological polar surface area (TPSA) is 108 Å². The van der Waals surface area contributed by atoms with Crippen molar-refractivity contribution in [3.63, 3.8) is 0 Å². The van der Waals surface area contributed by atoms with Gasteiger partial charge in [0.1, 0.15) is 11.6 Å². The summed E-state index contributed by atoms with van der Waals surface area (Å²) in [6, 6.07) is 9.13. The summed E-state index contributed by atoms with van der Waals surface area (Å²) < 4.78 is 0. The molecule has 1 amide bonds. The number of rotatable bonds is 4. The Balaban J connectivity index is 1.67. The lowest BCUT2D eigenvalue weighted by molar-refractivity contribution is -0.130. The van der Waals surface area contributed by atoms with Crippen LogP contribution in [0.2, 0.25) is 0 Å². The first-order valence-corrected chi connectivity index (χ1v) is 9.18. The zero-order chi connectivity index (χ0) is 19.1. The number of hydrogen-bond acceptors (Lipinski definition) is 4. The van der Waals surface area contributed by atoms with Crippen LogP contribution in [0.1, 0.15) is 42.1 Å². The first-order chi connectivity index (χ1) is 13.0. The van der Waals surface area contributed by atoms with E-state index in [1.54, 1.807) is 24.3 Å². The van der Waals surface area contributed by atoms with Gasteiger partial charge in [0.25, 0.3) is 0 Å². The average Bonchev–Trinajstić information content (AvgIpc) is 3.36. The second kappa shape index (κ2) is 6.54. The summed E-state index contributed by atoms with van der Waals surface area (Å²) in [5.41, 5.74) is 15.0. The van der Waals surface area contributed by atoms with Gasteiger partial charge in [-0.1, -0.05) is 18.7 Å². The van der Waals surface area contributed by atoms with Gasteiger partial charge in [-0.2, -0.15) is 0 Å². The van der Waals surface area contributed by atoms with Gasteiger partial charge >= 0.3 is 0 Å². The van der Waals surface area contributed by atoms with Gasteiger partial charge in [0, 0.05) is 28.6 Å². The highest BCUT2D eigenvalue weighted by Crippen LogP contribution is 2.50. The summed E-state index contributed by atoms with van der Waals surface area (Å²) in [6.07, 6.45) is 6.31. The molecule has 1 aromatic carbocycles. The minimum atomic E-state index is -0.0359. The van der Waals surface area contributed by atoms with Gasteiger partial charge in [-0.3, -0.25) is 4.79 Å². The number of benzene rings is 1. The molecule has 27 heavy (non-hydrogen) atoms. The number of hydrogen-bond donors (Lipinski definition) is 4. The second-order valence-corrected chi connectivity index (χ2v) is 7.33. The van der Waals surface area contributed by atoms with Crippen LogP contribution in [0.5, 0.6) is 5.75 Å². The van der Waals surface area contributed by atoms with Crippen LogP contribution in [-0.2, 0) is 4.79 Å². The summed E-state index contributed by atoms with van der Waals surface area (Å²) in [5, 5.41) is 9.99. The van der Waals surface area contributed by atoms with Crippen LogP contribution >= 0.6 is 0 Å². The first kappa shape index (κ1) is 17.3. The molecular formula is C21H24N4O2. The van der Waals surface area contributed by atoms with E-state index in [1.807, 2.05) is 17.0 Å². The van der Waals surface area contributed by atoms with E-state index in [1.165, 1.54) is 6.08 Å². The van der Waals surface area contributed by atoms with Crippen LogP contribution in [0, 0.1) is 5.92 Å². The highest BCUT2D eigenvalue weighted by atomic mass is 16.3. The predicted octanol–water partition coefficient (Wildman–Crippen LogP) is 3.00. The molecular weight excluding hydrogens is 340 g/mol. The normalized spacial score (nSPS) is 24.4. The predicted molar refractivity (Wildman–Crippen MR) is 106 cm³/mol.